The summed E-state index contributed by atoms with van der Waals surface area (Å²) >= 11 is 0. The summed E-state index contributed by atoms with van der Waals surface area (Å²) in [6.45, 7) is 3.68. The summed E-state index contributed by atoms with van der Waals surface area (Å²) in [5.74, 6) is 0. The minimum absolute atomic E-state index is 0.432. The highest BCUT2D eigenvalue weighted by molar-refractivity contribution is 7.92. The van der Waals surface area contributed by atoms with E-state index in [0.717, 1.165) is 25.8 Å². The zero-order chi connectivity index (χ0) is 11.2. The molecule has 1 N–H and O–H groups in total. The van der Waals surface area contributed by atoms with Gasteiger partial charge in [-0.2, -0.15) is 0 Å². The highest BCUT2D eigenvalue weighted by Crippen LogP contribution is 2.66. The maximum Gasteiger partial charge on any atom is 0.154 e. The maximum atomic E-state index is 11.8. The number of sulfone groups is 1. The van der Waals surface area contributed by atoms with Crippen LogP contribution in [0.4, 0.5) is 0 Å². The second-order valence-corrected chi connectivity index (χ2v) is 7.90. The normalized spacial score (nSPS) is 26.3. The van der Waals surface area contributed by atoms with Crippen molar-refractivity contribution in [2.45, 2.75) is 43.8 Å². The van der Waals surface area contributed by atoms with Gasteiger partial charge in [-0.1, -0.05) is 6.92 Å². The van der Waals surface area contributed by atoms with Crippen LogP contribution in [-0.4, -0.2) is 32.5 Å². The predicted octanol–water partition coefficient (Wildman–Crippen LogP) is 1.34. The fourth-order valence-electron chi connectivity index (χ4n) is 2.86. The van der Waals surface area contributed by atoms with Crippen LogP contribution in [0.15, 0.2) is 0 Å². The van der Waals surface area contributed by atoms with E-state index in [0.29, 0.717) is 12.0 Å². The first-order valence-corrected chi connectivity index (χ1v) is 7.73. The minimum Gasteiger partial charge on any atom is -0.315 e. The molecule has 0 aliphatic heterocycles. The third-order valence-electron chi connectivity index (χ3n) is 4.01. The first kappa shape index (κ1) is 11.4. The van der Waals surface area contributed by atoms with Crippen LogP contribution >= 0.6 is 0 Å². The number of nitrogens with one attached hydrogen (secondary N) is 1. The molecule has 4 heteroatoms. The summed E-state index contributed by atoms with van der Waals surface area (Å²) in [5.41, 5.74) is 0.441. The molecule has 0 saturated heterocycles. The van der Waals surface area contributed by atoms with Crippen molar-refractivity contribution in [1.29, 1.82) is 0 Å². The van der Waals surface area contributed by atoms with Crippen molar-refractivity contribution in [2.75, 3.05) is 19.3 Å². The van der Waals surface area contributed by atoms with Crippen molar-refractivity contribution >= 4 is 9.84 Å². The molecule has 15 heavy (non-hydrogen) atoms. The van der Waals surface area contributed by atoms with E-state index < -0.39 is 14.6 Å². The molecule has 2 saturated carbocycles. The third-order valence-corrected chi connectivity index (χ3v) is 6.02. The number of hydrogen-bond acceptors (Lipinski definition) is 3. The van der Waals surface area contributed by atoms with Crippen LogP contribution in [0.5, 0.6) is 0 Å². The van der Waals surface area contributed by atoms with Crippen LogP contribution < -0.4 is 5.32 Å². The molecule has 3 nitrogen and oxygen atoms in total. The molecular weight excluding hydrogens is 210 g/mol. The molecule has 0 atom stereocenters. The Labute approximate surface area is 92.6 Å². The van der Waals surface area contributed by atoms with Gasteiger partial charge in [0.2, 0.25) is 0 Å². The standard InChI is InChI=1S/C11H21NO2S/c1-3-6-12-9-11(15(2,13)14)7-10(8-11)4-5-10/h12H,3-9H2,1-2H3. The zero-order valence-electron chi connectivity index (χ0n) is 9.67. The molecule has 1 spiro atoms. The SMILES string of the molecule is CCCNCC1(S(C)(=O)=O)CC2(CC2)C1. The Bertz CT molecular complexity index is 336. The fraction of sp³-hybridized carbons (Fsp3) is 1.00. The van der Waals surface area contributed by atoms with E-state index in [1.165, 1.54) is 19.1 Å². The highest BCUT2D eigenvalue weighted by atomic mass is 32.2. The number of rotatable bonds is 5. The molecule has 0 radical (unpaired) electrons. The van der Waals surface area contributed by atoms with Crippen LogP contribution in [0.1, 0.15) is 39.0 Å². The molecule has 0 bridgehead atoms. The Morgan fingerprint density at radius 1 is 1.27 bits per heavy atom. The van der Waals surface area contributed by atoms with Crippen LogP contribution in [0.2, 0.25) is 0 Å². The van der Waals surface area contributed by atoms with Gasteiger partial charge in [-0.05, 0) is 44.1 Å². The Hall–Kier alpha value is -0.0900. The Morgan fingerprint density at radius 2 is 1.87 bits per heavy atom. The average molecular weight is 231 g/mol. The topological polar surface area (TPSA) is 46.2 Å². The lowest BCUT2D eigenvalue weighted by molar-refractivity contribution is 0.188. The van der Waals surface area contributed by atoms with Crippen LogP contribution in [0.3, 0.4) is 0 Å². The van der Waals surface area contributed by atoms with Gasteiger partial charge in [-0.3, -0.25) is 0 Å². The zero-order valence-corrected chi connectivity index (χ0v) is 10.5. The first-order valence-electron chi connectivity index (χ1n) is 5.83. The van der Waals surface area contributed by atoms with Gasteiger partial charge in [-0.15, -0.1) is 0 Å². The Balaban J connectivity index is 1.99. The summed E-state index contributed by atoms with van der Waals surface area (Å²) in [6, 6.07) is 0. The highest BCUT2D eigenvalue weighted by Gasteiger charge is 2.64. The smallest absolute Gasteiger partial charge is 0.154 e. The lowest BCUT2D eigenvalue weighted by Crippen LogP contribution is -2.57. The van der Waals surface area contributed by atoms with Crippen molar-refractivity contribution in [3.05, 3.63) is 0 Å². The van der Waals surface area contributed by atoms with E-state index in [4.69, 9.17) is 0 Å². The van der Waals surface area contributed by atoms with Gasteiger partial charge in [-0.25, -0.2) is 8.42 Å². The van der Waals surface area contributed by atoms with Gasteiger partial charge in [0.25, 0.3) is 0 Å². The van der Waals surface area contributed by atoms with Gasteiger partial charge in [0.05, 0.1) is 4.75 Å². The van der Waals surface area contributed by atoms with E-state index in [1.54, 1.807) is 0 Å². The summed E-state index contributed by atoms with van der Waals surface area (Å²) in [5, 5.41) is 3.27. The largest absolute Gasteiger partial charge is 0.315 e. The molecule has 2 aliphatic rings. The van der Waals surface area contributed by atoms with Crippen molar-refractivity contribution in [3.8, 4) is 0 Å². The van der Waals surface area contributed by atoms with Crippen LogP contribution in [0.25, 0.3) is 0 Å². The van der Waals surface area contributed by atoms with Gasteiger partial charge in [0.15, 0.2) is 9.84 Å². The molecule has 2 rings (SSSR count). The van der Waals surface area contributed by atoms with Crippen molar-refractivity contribution < 1.29 is 8.42 Å². The quantitative estimate of drug-likeness (QED) is 0.726. The Morgan fingerprint density at radius 3 is 2.27 bits per heavy atom. The molecule has 2 aliphatic carbocycles. The molecular formula is C11H21NO2S. The molecule has 0 aromatic rings. The monoisotopic (exact) mass is 231 g/mol. The molecule has 0 aromatic carbocycles. The second-order valence-electron chi connectivity index (χ2n) is 5.49. The minimum atomic E-state index is -2.90. The molecule has 88 valence electrons. The van der Waals surface area contributed by atoms with E-state index >= 15 is 0 Å². The molecule has 0 aromatic heterocycles. The predicted molar refractivity (Wildman–Crippen MR) is 61.6 cm³/mol. The average Bonchev–Trinajstić information content (AvgIpc) is 2.80. The molecule has 0 heterocycles. The van der Waals surface area contributed by atoms with Gasteiger partial charge < -0.3 is 5.32 Å². The maximum absolute atomic E-state index is 11.8. The molecule has 0 amide bonds. The third kappa shape index (κ3) is 1.94. The molecule has 0 unspecified atom stereocenters. The van der Waals surface area contributed by atoms with E-state index in [1.807, 2.05) is 0 Å². The van der Waals surface area contributed by atoms with Crippen LogP contribution in [0, 0.1) is 5.41 Å². The molecule has 2 fully saturated rings. The van der Waals surface area contributed by atoms with Gasteiger partial charge in [0, 0.05) is 12.8 Å². The summed E-state index contributed by atoms with van der Waals surface area (Å²) in [7, 11) is -2.90. The summed E-state index contributed by atoms with van der Waals surface area (Å²) in [6.07, 6.45) is 6.75. The van der Waals surface area contributed by atoms with Crippen molar-refractivity contribution in [1.82, 2.24) is 5.32 Å². The van der Waals surface area contributed by atoms with E-state index in [2.05, 4.69) is 12.2 Å². The van der Waals surface area contributed by atoms with E-state index in [9.17, 15) is 8.42 Å². The summed E-state index contributed by atoms with van der Waals surface area (Å²) in [4.78, 5) is 0. The Kier molecular flexibility index (Phi) is 2.62. The van der Waals surface area contributed by atoms with Gasteiger partial charge >= 0.3 is 0 Å². The second kappa shape index (κ2) is 3.45. The first-order chi connectivity index (χ1) is 6.93. The lowest BCUT2D eigenvalue weighted by atomic mass is 9.71. The summed E-state index contributed by atoms with van der Waals surface area (Å²) < 4.78 is 23.2. The lowest BCUT2D eigenvalue weighted by Gasteiger charge is -2.47. The number of hydrogen-bond donors (Lipinski definition) is 1. The van der Waals surface area contributed by atoms with Crippen molar-refractivity contribution in [2.24, 2.45) is 5.41 Å². The van der Waals surface area contributed by atoms with Gasteiger partial charge in [0.1, 0.15) is 0 Å². The fourth-order valence-corrected chi connectivity index (χ4v) is 4.36. The van der Waals surface area contributed by atoms with Crippen LogP contribution in [-0.2, 0) is 9.84 Å². The van der Waals surface area contributed by atoms with E-state index in [-0.39, 0.29) is 0 Å². The van der Waals surface area contributed by atoms with Crippen molar-refractivity contribution in [3.63, 3.8) is 0 Å².